The van der Waals surface area contributed by atoms with Crippen LogP contribution in [0.15, 0.2) is 30.5 Å². The summed E-state index contributed by atoms with van der Waals surface area (Å²) in [5.41, 5.74) is 0.710. The fraction of sp³-hybridized carbons (Fsp3) is 0.182. The Balaban J connectivity index is 2.34. The van der Waals surface area contributed by atoms with E-state index in [0.717, 1.165) is 3.57 Å². The van der Waals surface area contributed by atoms with Crippen LogP contribution in [0.1, 0.15) is 0 Å². The first kappa shape index (κ1) is 12.3. The molecule has 0 aliphatic carbocycles. The molecule has 0 saturated carbocycles. The summed E-state index contributed by atoms with van der Waals surface area (Å²) in [5, 5.41) is 12.9. The minimum absolute atomic E-state index is 0.0648. The first-order valence-corrected chi connectivity index (χ1v) is 6.03. The third kappa shape index (κ3) is 2.75. The highest BCUT2D eigenvalue weighted by atomic mass is 127. The molecule has 0 atom stereocenters. The van der Waals surface area contributed by atoms with Crippen LogP contribution in [-0.2, 0) is 0 Å². The smallest absolute Gasteiger partial charge is 0.230 e. The second-order valence-electron chi connectivity index (χ2n) is 3.26. The molecule has 0 aliphatic rings. The van der Waals surface area contributed by atoms with Gasteiger partial charge in [0.05, 0.1) is 22.1 Å². The molecular formula is C11H10FIN2O2. The molecule has 90 valence electrons. The monoisotopic (exact) mass is 348 g/mol. The van der Waals surface area contributed by atoms with Crippen molar-refractivity contribution in [2.75, 3.05) is 13.2 Å². The summed E-state index contributed by atoms with van der Waals surface area (Å²) >= 11 is 2.09. The maximum atomic E-state index is 12.8. The van der Waals surface area contributed by atoms with E-state index in [1.165, 1.54) is 12.1 Å². The molecule has 0 radical (unpaired) electrons. The summed E-state index contributed by atoms with van der Waals surface area (Å²) in [6.45, 7) is 0.133. The zero-order valence-electron chi connectivity index (χ0n) is 8.81. The number of benzene rings is 1. The number of halogens is 2. The van der Waals surface area contributed by atoms with E-state index >= 15 is 0 Å². The quantitative estimate of drug-likeness (QED) is 0.860. The Labute approximate surface area is 111 Å². The Morgan fingerprint density at radius 1 is 1.35 bits per heavy atom. The molecule has 17 heavy (non-hydrogen) atoms. The second-order valence-corrected chi connectivity index (χ2v) is 4.42. The van der Waals surface area contributed by atoms with Crippen molar-refractivity contribution in [3.63, 3.8) is 0 Å². The number of nitrogens with zero attached hydrogens (tertiary/aromatic N) is 2. The summed E-state index contributed by atoms with van der Waals surface area (Å²) in [7, 11) is 0. The normalized spacial score (nSPS) is 10.5. The van der Waals surface area contributed by atoms with E-state index in [9.17, 15) is 4.39 Å². The van der Waals surface area contributed by atoms with Gasteiger partial charge in [0.2, 0.25) is 5.88 Å². The first-order chi connectivity index (χ1) is 8.22. The van der Waals surface area contributed by atoms with Gasteiger partial charge < -0.3 is 9.84 Å². The van der Waals surface area contributed by atoms with E-state index < -0.39 is 0 Å². The maximum absolute atomic E-state index is 12.8. The molecular weight excluding hydrogens is 338 g/mol. The van der Waals surface area contributed by atoms with E-state index in [0.29, 0.717) is 11.6 Å². The minimum Gasteiger partial charge on any atom is -0.474 e. The number of hydrogen-bond acceptors (Lipinski definition) is 3. The van der Waals surface area contributed by atoms with Crippen molar-refractivity contribution in [2.24, 2.45) is 0 Å². The zero-order chi connectivity index (χ0) is 12.3. The topological polar surface area (TPSA) is 47.3 Å². The van der Waals surface area contributed by atoms with E-state index in [1.807, 2.05) is 0 Å². The lowest BCUT2D eigenvalue weighted by Crippen LogP contribution is -2.07. The highest BCUT2D eigenvalue weighted by molar-refractivity contribution is 14.1. The van der Waals surface area contributed by atoms with Crippen molar-refractivity contribution in [1.29, 1.82) is 0 Å². The standard InChI is InChI=1S/C11H10FIN2O2/c12-8-1-3-9(4-2-8)15-11(17-6-5-16)10(13)7-14-15/h1-4,7,16H,5-6H2. The molecule has 0 aliphatic heterocycles. The summed E-state index contributed by atoms with van der Waals surface area (Å²) in [4.78, 5) is 0. The number of aromatic nitrogens is 2. The van der Waals surface area contributed by atoms with Gasteiger partial charge >= 0.3 is 0 Å². The number of hydrogen-bond donors (Lipinski definition) is 1. The van der Waals surface area contributed by atoms with Crippen molar-refractivity contribution in [3.8, 4) is 11.6 Å². The molecule has 0 bridgehead atoms. The summed E-state index contributed by atoms with van der Waals surface area (Å²) in [6, 6.07) is 5.95. The molecule has 6 heteroatoms. The number of ether oxygens (including phenoxy) is 1. The summed E-state index contributed by atoms with van der Waals surface area (Å²) < 4.78 is 20.6. The average Bonchev–Trinajstić information content (AvgIpc) is 2.69. The van der Waals surface area contributed by atoms with Crippen molar-refractivity contribution >= 4 is 22.6 Å². The summed E-state index contributed by atoms with van der Waals surface area (Å²) in [6.07, 6.45) is 1.65. The molecule has 0 amide bonds. The van der Waals surface area contributed by atoms with Crippen LogP contribution in [0.3, 0.4) is 0 Å². The Morgan fingerprint density at radius 2 is 2.06 bits per heavy atom. The fourth-order valence-electron chi connectivity index (χ4n) is 1.36. The van der Waals surface area contributed by atoms with Gasteiger partial charge in [-0.15, -0.1) is 0 Å². The van der Waals surface area contributed by atoms with E-state index in [2.05, 4.69) is 27.7 Å². The Hall–Kier alpha value is -1.15. The minimum atomic E-state index is -0.298. The molecule has 1 N–H and O–H groups in total. The molecule has 1 aromatic heterocycles. The van der Waals surface area contributed by atoms with Crippen LogP contribution in [0.25, 0.3) is 5.69 Å². The lowest BCUT2D eigenvalue weighted by molar-refractivity contribution is 0.192. The average molecular weight is 348 g/mol. The van der Waals surface area contributed by atoms with Gasteiger partial charge in [0.15, 0.2) is 0 Å². The Morgan fingerprint density at radius 3 is 2.71 bits per heavy atom. The number of aliphatic hydroxyl groups is 1. The molecule has 1 aromatic carbocycles. The highest BCUT2D eigenvalue weighted by Crippen LogP contribution is 2.24. The molecule has 0 unspecified atom stereocenters. The molecule has 2 aromatic rings. The molecule has 1 heterocycles. The summed E-state index contributed by atoms with van der Waals surface area (Å²) in [5.74, 6) is 0.250. The van der Waals surface area contributed by atoms with Gasteiger partial charge in [-0.25, -0.2) is 9.07 Å². The molecule has 0 saturated heterocycles. The van der Waals surface area contributed by atoms with Gasteiger partial charge in [-0.1, -0.05) is 0 Å². The molecule has 0 fully saturated rings. The third-order valence-corrected chi connectivity index (χ3v) is 2.82. The van der Waals surface area contributed by atoms with Crippen LogP contribution in [0.5, 0.6) is 5.88 Å². The first-order valence-electron chi connectivity index (χ1n) is 4.95. The van der Waals surface area contributed by atoms with Crippen molar-refractivity contribution in [1.82, 2.24) is 9.78 Å². The van der Waals surface area contributed by atoms with E-state index in [4.69, 9.17) is 9.84 Å². The van der Waals surface area contributed by atoms with Crippen LogP contribution >= 0.6 is 22.6 Å². The van der Waals surface area contributed by atoms with Crippen molar-refractivity contribution < 1.29 is 14.2 Å². The second kappa shape index (κ2) is 5.46. The van der Waals surface area contributed by atoms with Crippen LogP contribution in [-0.4, -0.2) is 28.1 Å². The zero-order valence-corrected chi connectivity index (χ0v) is 11.0. The van der Waals surface area contributed by atoms with Crippen LogP contribution in [0.4, 0.5) is 4.39 Å². The molecule has 0 spiro atoms. The molecule has 4 nitrogen and oxygen atoms in total. The lowest BCUT2D eigenvalue weighted by Gasteiger charge is -2.08. The Bertz CT molecular complexity index is 499. The fourth-order valence-corrected chi connectivity index (χ4v) is 1.86. The van der Waals surface area contributed by atoms with Gasteiger partial charge in [-0.05, 0) is 46.9 Å². The largest absolute Gasteiger partial charge is 0.474 e. The van der Waals surface area contributed by atoms with E-state index in [1.54, 1.807) is 23.0 Å². The predicted molar refractivity (Wildman–Crippen MR) is 68.8 cm³/mol. The van der Waals surface area contributed by atoms with Gasteiger partial charge in [0, 0.05) is 0 Å². The van der Waals surface area contributed by atoms with Gasteiger partial charge in [-0.3, -0.25) is 0 Å². The Kier molecular flexibility index (Phi) is 3.95. The van der Waals surface area contributed by atoms with Crippen LogP contribution in [0.2, 0.25) is 0 Å². The number of aliphatic hydroxyl groups excluding tert-OH is 1. The lowest BCUT2D eigenvalue weighted by atomic mass is 10.3. The molecule has 2 rings (SSSR count). The van der Waals surface area contributed by atoms with Gasteiger partial charge in [0.25, 0.3) is 0 Å². The predicted octanol–water partition coefficient (Wildman–Crippen LogP) is 1.99. The van der Waals surface area contributed by atoms with Crippen LogP contribution in [0, 0.1) is 9.39 Å². The van der Waals surface area contributed by atoms with Gasteiger partial charge in [-0.2, -0.15) is 5.10 Å². The van der Waals surface area contributed by atoms with Crippen molar-refractivity contribution in [2.45, 2.75) is 0 Å². The number of rotatable bonds is 4. The van der Waals surface area contributed by atoms with E-state index in [-0.39, 0.29) is 19.0 Å². The maximum Gasteiger partial charge on any atom is 0.230 e. The van der Waals surface area contributed by atoms with Crippen molar-refractivity contribution in [3.05, 3.63) is 39.8 Å². The third-order valence-electron chi connectivity index (χ3n) is 2.08. The van der Waals surface area contributed by atoms with Crippen LogP contribution < -0.4 is 4.74 Å². The SMILES string of the molecule is OCCOc1c(I)cnn1-c1ccc(F)cc1. The van der Waals surface area contributed by atoms with Gasteiger partial charge in [0.1, 0.15) is 12.4 Å². The highest BCUT2D eigenvalue weighted by Gasteiger charge is 2.11.